The van der Waals surface area contributed by atoms with Crippen LogP contribution in [0.4, 0.5) is 22.0 Å². The highest BCUT2D eigenvalue weighted by Gasteiger charge is 2.27. The van der Waals surface area contributed by atoms with Crippen LogP contribution >= 0.6 is 0 Å². The summed E-state index contributed by atoms with van der Waals surface area (Å²) in [5.41, 5.74) is 0.963. The zero-order valence-corrected chi connectivity index (χ0v) is 20.8. The van der Waals surface area contributed by atoms with Crippen LogP contribution in [0.1, 0.15) is 38.7 Å². The number of hydrogen-bond acceptors (Lipinski definition) is 4. The Balaban J connectivity index is 1.46. The Morgan fingerprint density at radius 2 is 1.37 bits per heavy atom. The first-order valence-electron chi connectivity index (χ1n) is 12.2. The summed E-state index contributed by atoms with van der Waals surface area (Å²) >= 11 is 0. The van der Waals surface area contributed by atoms with E-state index < -0.39 is 46.7 Å². The minimum absolute atomic E-state index is 0.102. The lowest BCUT2D eigenvalue weighted by Gasteiger charge is -2.21. The van der Waals surface area contributed by atoms with E-state index in [4.69, 9.17) is 14.2 Å². The highest BCUT2D eigenvalue weighted by Crippen LogP contribution is 2.36. The maximum absolute atomic E-state index is 15.0. The van der Waals surface area contributed by atoms with Gasteiger partial charge in [0.25, 0.3) is 0 Å². The van der Waals surface area contributed by atoms with Crippen LogP contribution in [0.5, 0.6) is 17.2 Å². The van der Waals surface area contributed by atoms with Gasteiger partial charge in [0.1, 0.15) is 5.82 Å². The normalized spacial score (nSPS) is 15.1. The van der Waals surface area contributed by atoms with E-state index in [1.165, 1.54) is 30.3 Å². The van der Waals surface area contributed by atoms with Crippen molar-refractivity contribution in [2.45, 2.75) is 33.1 Å². The van der Waals surface area contributed by atoms with Crippen LogP contribution in [0.2, 0.25) is 0 Å². The quantitative estimate of drug-likeness (QED) is 0.170. The molecule has 1 unspecified atom stereocenters. The van der Waals surface area contributed by atoms with E-state index in [-0.39, 0.29) is 47.8 Å². The molecule has 0 heterocycles. The van der Waals surface area contributed by atoms with E-state index in [0.717, 1.165) is 12.1 Å². The average Bonchev–Trinajstić information content (AvgIpc) is 2.91. The predicted molar refractivity (Wildman–Crippen MR) is 131 cm³/mol. The number of esters is 1. The summed E-state index contributed by atoms with van der Waals surface area (Å²) in [5, 5.41) is 0. The first-order valence-corrected chi connectivity index (χ1v) is 12.2. The summed E-state index contributed by atoms with van der Waals surface area (Å²) in [6.45, 7) is 3.59. The minimum atomic E-state index is -1.32. The van der Waals surface area contributed by atoms with E-state index in [9.17, 15) is 22.4 Å². The molecule has 1 atom stereocenters. The van der Waals surface area contributed by atoms with Crippen LogP contribution in [0, 0.1) is 35.0 Å². The number of halogens is 5. The molecule has 0 spiro atoms. The summed E-state index contributed by atoms with van der Waals surface area (Å²) in [7, 11) is 0. The average molecular weight is 533 g/mol. The van der Waals surface area contributed by atoms with Crippen molar-refractivity contribution in [1.29, 1.82) is 0 Å². The fourth-order valence-electron chi connectivity index (χ4n) is 4.31. The van der Waals surface area contributed by atoms with Gasteiger partial charge in [-0.1, -0.05) is 18.2 Å². The van der Waals surface area contributed by atoms with E-state index in [2.05, 4.69) is 0 Å². The molecular formula is C29H25F5O4. The van der Waals surface area contributed by atoms with E-state index in [0.29, 0.717) is 18.4 Å². The number of allylic oxidation sites excluding steroid dienone is 2. The van der Waals surface area contributed by atoms with Gasteiger partial charge >= 0.3 is 5.97 Å². The third-order valence-electron chi connectivity index (χ3n) is 6.24. The maximum atomic E-state index is 15.0. The Morgan fingerprint density at radius 1 is 0.789 bits per heavy atom. The lowest BCUT2D eigenvalue weighted by molar-refractivity contribution is -0.139. The molecule has 3 aromatic rings. The number of carbonyl (C=O) groups excluding carboxylic acids is 1. The Hall–Kier alpha value is -3.88. The lowest BCUT2D eigenvalue weighted by Crippen LogP contribution is -2.23. The van der Waals surface area contributed by atoms with Crippen molar-refractivity contribution in [1.82, 2.24) is 0 Å². The summed E-state index contributed by atoms with van der Waals surface area (Å²) in [5.74, 6) is -7.86. The molecule has 1 aliphatic carbocycles. The summed E-state index contributed by atoms with van der Waals surface area (Å²) < 4.78 is 87.2. The van der Waals surface area contributed by atoms with Gasteiger partial charge in [-0.3, -0.25) is 4.79 Å². The van der Waals surface area contributed by atoms with E-state index in [1.807, 2.05) is 0 Å². The third kappa shape index (κ3) is 5.51. The zero-order chi connectivity index (χ0) is 27.4. The summed E-state index contributed by atoms with van der Waals surface area (Å²) in [6, 6.07) is 9.01. The van der Waals surface area contributed by atoms with Crippen LogP contribution in [0.3, 0.4) is 0 Å². The molecule has 0 N–H and O–H groups in total. The van der Waals surface area contributed by atoms with Gasteiger partial charge in [0, 0.05) is 11.1 Å². The molecule has 9 heteroatoms. The Morgan fingerprint density at radius 3 is 1.97 bits per heavy atom. The van der Waals surface area contributed by atoms with Gasteiger partial charge in [-0.25, -0.2) is 8.78 Å². The van der Waals surface area contributed by atoms with Gasteiger partial charge in [0.15, 0.2) is 23.1 Å². The molecule has 0 aliphatic heterocycles. The number of hydrogen-bond donors (Lipinski definition) is 0. The van der Waals surface area contributed by atoms with Crippen molar-refractivity contribution in [3.63, 3.8) is 0 Å². The molecule has 0 saturated carbocycles. The standard InChI is InChI=1S/C29H25F5O4/c1-3-36-22-12-11-20(25(31)26(22)32)18-9-10-19(21(30)15-18)16-5-7-17(8-6-16)29(35)38-24-14-13-23(37-4-2)27(33)28(24)34/h5,9-15,17H,3-4,6-8H2,1-2H3. The molecule has 3 aromatic carbocycles. The fraction of sp³-hybridized carbons (Fsp3) is 0.276. The SMILES string of the molecule is CCOc1ccc(OC(=O)C2CC=C(c3ccc(-c4ccc(OCC)c(F)c4F)cc3F)CC2)c(F)c1F. The second kappa shape index (κ2) is 11.7. The molecule has 0 fully saturated rings. The molecule has 0 radical (unpaired) electrons. The smallest absolute Gasteiger partial charge is 0.314 e. The number of carbonyl (C=O) groups is 1. The first-order chi connectivity index (χ1) is 18.2. The maximum Gasteiger partial charge on any atom is 0.314 e. The molecule has 4 rings (SSSR count). The third-order valence-corrected chi connectivity index (χ3v) is 6.24. The van der Waals surface area contributed by atoms with Gasteiger partial charge in [-0.2, -0.15) is 13.2 Å². The van der Waals surface area contributed by atoms with Crippen LogP contribution in [0.25, 0.3) is 16.7 Å². The molecule has 0 amide bonds. The zero-order valence-electron chi connectivity index (χ0n) is 20.8. The summed E-state index contributed by atoms with van der Waals surface area (Å²) in [6.07, 6.45) is 2.50. The van der Waals surface area contributed by atoms with Crippen molar-refractivity contribution in [3.8, 4) is 28.4 Å². The highest BCUT2D eigenvalue weighted by atomic mass is 19.2. The van der Waals surface area contributed by atoms with E-state index >= 15 is 4.39 Å². The van der Waals surface area contributed by atoms with Crippen molar-refractivity contribution in [3.05, 3.63) is 83.2 Å². The molecule has 0 bridgehead atoms. The second-order valence-corrected chi connectivity index (χ2v) is 8.61. The predicted octanol–water partition coefficient (Wildman–Crippen LogP) is 7.64. The minimum Gasteiger partial charge on any atom is -0.491 e. The second-order valence-electron chi connectivity index (χ2n) is 8.61. The lowest BCUT2D eigenvalue weighted by atomic mass is 9.86. The van der Waals surface area contributed by atoms with Crippen molar-refractivity contribution in [2.75, 3.05) is 13.2 Å². The number of benzene rings is 3. The first kappa shape index (κ1) is 27.2. The van der Waals surface area contributed by atoms with Gasteiger partial charge in [0.2, 0.25) is 17.5 Å². The molecule has 4 nitrogen and oxygen atoms in total. The highest BCUT2D eigenvalue weighted by molar-refractivity contribution is 5.78. The Bertz CT molecular complexity index is 1390. The van der Waals surface area contributed by atoms with Gasteiger partial charge in [-0.15, -0.1) is 0 Å². The Kier molecular flexibility index (Phi) is 8.34. The van der Waals surface area contributed by atoms with Crippen LogP contribution in [0.15, 0.2) is 48.5 Å². The number of rotatable bonds is 8. The van der Waals surface area contributed by atoms with Gasteiger partial charge < -0.3 is 14.2 Å². The van der Waals surface area contributed by atoms with E-state index in [1.54, 1.807) is 19.9 Å². The molecule has 0 saturated heterocycles. The molecule has 0 aromatic heterocycles. The van der Waals surface area contributed by atoms with Gasteiger partial charge in [0.05, 0.1) is 19.1 Å². The van der Waals surface area contributed by atoms with Crippen LogP contribution < -0.4 is 14.2 Å². The van der Waals surface area contributed by atoms with Gasteiger partial charge in [-0.05, 0) is 74.6 Å². The number of ether oxygens (including phenoxy) is 3. The topological polar surface area (TPSA) is 44.8 Å². The largest absolute Gasteiger partial charge is 0.491 e. The van der Waals surface area contributed by atoms with Crippen LogP contribution in [-0.4, -0.2) is 19.2 Å². The monoisotopic (exact) mass is 532 g/mol. The van der Waals surface area contributed by atoms with Crippen LogP contribution in [-0.2, 0) is 4.79 Å². The molecule has 38 heavy (non-hydrogen) atoms. The fourth-order valence-corrected chi connectivity index (χ4v) is 4.31. The van der Waals surface area contributed by atoms with Crippen molar-refractivity contribution >= 4 is 11.5 Å². The van der Waals surface area contributed by atoms with Crippen molar-refractivity contribution < 1.29 is 41.0 Å². The van der Waals surface area contributed by atoms with Crippen molar-refractivity contribution in [2.24, 2.45) is 5.92 Å². The molecule has 1 aliphatic rings. The molecule has 200 valence electrons. The summed E-state index contributed by atoms with van der Waals surface area (Å²) in [4.78, 5) is 12.6. The Labute approximate surface area is 216 Å². The molecular weight excluding hydrogens is 507 g/mol.